The minimum absolute atomic E-state index is 0.179. The lowest BCUT2D eigenvalue weighted by Crippen LogP contribution is -2.52. The number of carbonyl (C=O) groups excluding carboxylic acids is 2. The van der Waals surface area contributed by atoms with Gasteiger partial charge in [0.1, 0.15) is 6.54 Å². The number of halogens is 4. The van der Waals surface area contributed by atoms with Crippen LogP contribution >= 0.6 is 11.6 Å². The lowest BCUT2D eigenvalue weighted by Gasteiger charge is -2.37. The molecule has 0 aromatic heterocycles. The van der Waals surface area contributed by atoms with Gasteiger partial charge in [-0.2, -0.15) is 13.2 Å². The summed E-state index contributed by atoms with van der Waals surface area (Å²) in [6, 6.07) is 8.96. The molecule has 176 valence electrons. The zero-order chi connectivity index (χ0) is 23.8. The van der Waals surface area contributed by atoms with E-state index < -0.39 is 22.7 Å². The van der Waals surface area contributed by atoms with Crippen molar-refractivity contribution in [2.75, 3.05) is 55.7 Å². The van der Waals surface area contributed by atoms with Gasteiger partial charge in [0.15, 0.2) is 0 Å². The van der Waals surface area contributed by atoms with Crippen molar-refractivity contribution >= 4 is 34.8 Å². The first-order chi connectivity index (χ1) is 15.7. The van der Waals surface area contributed by atoms with E-state index in [1.54, 1.807) is 4.90 Å². The van der Waals surface area contributed by atoms with Gasteiger partial charge < -0.3 is 19.4 Å². The average molecular weight is 482 g/mol. The monoisotopic (exact) mass is 481 g/mol. The Labute approximate surface area is 194 Å². The van der Waals surface area contributed by atoms with Crippen molar-refractivity contribution < 1.29 is 27.5 Å². The van der Waals surface area contributed by atoms with E-state index in [2.05, 4.69) is 4.90 Å². The van der Waals surface area contributed by atoms with Crippen molar-refractivity contribution in [2.45, 2.75) is 13.1 Å². The highest BCUT2D eigenvalue weighted by Crippen LogP contribution is 2.37. The zero-order valence-corrected chi connectivity index (χ0v) is 18.7. The molecular weight excluding hydrogens is 459 g/mol. The van der Waals surface area contributed by atoms with Gasteiger partial charge >= 0.3 is 6.18 Å². The summed E-state index contributed by atoms with van der Waals surface area (Å²) >= 11 is 5.90. The molecule has 0 saturated carbocycles. The fourth-order valence-electron chi connectivity index (χ4n) is 4.24. The predicted molar refractivity (Wildman–Crippen MR) is 119 cm³/mol. The van der Waals surface area contributed by atoms with Crippen LogP contribution in [0, 0.1) is 6.92 Å². The molecule has 2 aliphatic rings. The van der Waals surface area contributed by atoms with Crippen LogP contribution in [0.3, 0.4) is 0 Å². The minimum atomic E-state index is -4.68. The number of carbonyl (C=O) groups is 2. The van der Waals surface area contributed by atoms with Crippen LogP contribution < -0.4 is 9.80 Å². The molecule has 0 bridgehead atoms. The molecule has 10 heteroatoms. The Morgan fingerprint density at radius 2 is 1.67 bits per heavy atom. The second kappa shape index (κ2) is 9.23. The number of hydrogen-bond donors (Lipinski definition) is 0. The van der Waals surface area contributed by atoms with E-state index in [4.69, 9.17) is 16.3 Å². The molecular formula is C23H23ClF3N3O3. The summed E-state index contributed by atoms with van der Waals surface area (Å²) < 4.78 is 44.9. The highest BCUT2D eigenvalue weighted by Gasteiger charge is 2.36. The predicted octanol–water partition coefficient (Wildman–Crippen LogP) is 3.99. The smallest absolute Gasteiger partial charge is 0.378 e. The summed E-state index contributed by atoms with van der Waals surface area (Å²) in [4.78, 5) is 30.9. The van der Waals surface area contributed by atoms with Crippen molar-refractivity contribution in [3.05, 3.63) is 58.1 Å². The molecule has 2 amide bonds. The van der Waals surface area contributed by atoms with Gasteiger partial charge in [0.25, 0.3) is 5.91 Å². The highest BCUT2D eigenvalue weighted by atomic mass is 35.5. The Bertz CT molecular complexity index is 1070. The summed E-state index contributed by atoms with van der Waals surface area (Å²) in [5.74, 6) is -1.00. The summed E-state index contributed by atoms with van der Waals surface area (Å²) in [6.45, 7) is 4.92. The largest absolute Gasteiger partial charge is 0.417 e. The summed E-state index contributed by atoms with van der Waals surface area (Å²) in [5.41, 5.74) is 1.40. The van der Waals surface area contributed by atoms with Crippen LogP contribution in [-0.4, -0.2) is 62.7 Å². The molecule has 2 aliphatic heterocycles. The van der Waals surface area contributed by atoms with E-state index in [0.29, 0.717) is 13.2 Å². The van der Waals surface area contributed by atoms with Crippen molar-refractivity contribution in [3.8, 4) is 0 Å². The summed E-state index contributed by atoms with van der Waals surface area (Å²) in [7, 11) is 0. The Morgan fingerprint density at radius 1 is 1.00 bits per heavy atom. The van der Waals surface area contributed by atoms with Gasteiger partial charge in [-0.25, -0.2) is 0 Å². The number of anilines is 2. The Balaban J connectivity index is 1.52. The van der Waals surface area contributed by atoms with E-state index in [1.807, 2.05) is 25.1 Å². The lowest BCUT2D eigenvalue weighted by molar-refractivity contribution is -0.137. The van der Waals surface area contributed by atoms with Crippen molar-refractivity contribution in [2.24, 2.45) is 0 Å². The van der Waals surface area contributed by atoms with E-state index in [0.717, 1.165) is 42.2 Å². The van der Waals surface area contributed by atoms with Gasteiger partial charge in [0.2, 0.25) is 5.91 Å². The molecule has 2 fully saturated rings. The van der Waals surface area contributed by atoms with E-state index in [9.17, 15) is 22.8 Å². The zero-order valence-electron chi connectivity index (χ0n) is 18.0. The maximum atomic E-state index is 13.2. The number of amides is 2. The van der Waals surface area contributed by atoms with Crippen LogP contribution in [0.2, 0.25) is 5.02 Å². The standard InChI is InChI=1S/C23H23ClF3N3O3/c1-15-18(28-10-12-33-13-11-28)6-3-7-19(15)30-9-8-29(14-20(30)31)22(32)16-4-2-5-17(21(16)24)23(25,26)27/h2-7H,8-14H2,1H3. The first-order valence-corrected chi connectivity index (χ1v) is 10.9. The molecule has 0 aliphatic carbocycles. The molecule has 0 radical (unpaired) electrons. The number of hydrogen-bond acceptors (Lipinski definition) is 4. The lowest BCUT2D eigenvalue weighted by atomic mass is 10.1. The van der Waals surface area contributed by atoms with Crippen LogP contribution in [0.4, 0.5) is 24.5 Å². The number of alkyl halides is 3. The average Bonchev–Trinajstić information content (AvgIpc) is 2.79. The Morgan fingerprint density at radius 3 is 2.33 bits per heavy atom. The second-order valence-corrected chi connectivity index (χ2v) is 8.34. The van der Waals surface area contributed by atoms with E-state index in [-0.39, 0.29) is 31.1 Å². The minimum Gasteiger partial charge on any atom is -0.378 e. The SMILES string of the molecule is Cc1c(N2CCOCC2)cccc1N1CCN(C(=O)c2cccc(C(F)(F)F)c2Cl)CC1=O. The molecule has 0 atom stereocenters. The van der Waals surface area contributed by atoms with Crippen LogP contribution in [0.1, 0.15) is 21.5 Å². The Kier molecular flexibility index (Phi) is 6.54. The quantitative estimate of drug-likeness (QED) is 0.665. The van der Waals surface area contributed by atoms with Gasteiger partial charge in [-0.3, -0.25) is 9.59 Å². The van der Waals surface area contributed by atoms with Crippen LogP contribution in [0.15, 0.2) is 36.4 Å². The maximum absolute atomic E-state index is 13.2. The number of benzene rings is 2. The number of piperazine rings is 1. The molecule has 0 unspecified atom stereocenters. The molecule has 4 rings (SSSR count). The third-order valence-corrected chi connectivity index (χ3v) is 6.37. The second-order valence-electron chi connectivity index (χ2n) is 7.96. The molecule has 2 saturated heterocycles. The van der Waals surface area contributed by atoms with Crippen molar-refractivity contribution in [3.63, 3.8) is 0 Å². The summed E-state index contributed by atoms with van der Waals surface area (Å²) in [5, 5.41) is -0.654. The molecule has 6 nitrogen and oxygen atoms in total. The topological polar surface area (TPSA) is 53.1 Å². The molecule has 0 spiro atoms. The van der Waals surface area contributed by atoms with E-state index in [1.165, 1.54) is 11.0 Å². The third kappa shape index (κ3) is 4.65. The van der Waals surface area contributed by atoms with Gasteiger partial charge in [0.05, 0.1) is 29.4 Å². The van der Waals surface area contributed by atoms with Gasteiger partial charge in [-0.05, 0) is 36.8 Å². The fraction of sp³-hybridized carbons (Fsp3) is 0.391. The number of rotatable bonds is 3. The van der Waals surface area contributed by atoms with Crippen molar-refractivity contribution in [1.29, 1.82) is 0 Å². The molecule has 33 heavy (non-hydrogen) atoms. The molecule has 2 aromatic rings. The highest BCUT2D eigenvalue weighted by molar-refractivity contribution is 6.34. The first-order valence-electron chi connectivity index (χ1n) is 10.6. The number of ether oxygens (including phenoxy) is 1. The van der Waals surface area contributed by atoms with Gasteiger partial charge in [0, 0.05) is 37.6 Å². The third-order valence-electron chi connectivity index (χ3n) is 5.96. The molecule has 2 heterocycles. The van der Waals surface area contributed by atoms with Crippen LogP contribution in [0.5, 0.6) is 0 Å². The molecule has 2 aromatic carbocycles. The maximum Gasteiger partial charge on any atom is 0.417 e. The summed E-state index contributed by atoms with van der Waals surface area (Å²) in [6.07, 6.45) is -4.68. The number of morpholine rings is 1. The van der Waals surface area contributed by atoms with Crippen molar-refractivity contribution in [1.82, 2.24) is 4.90 Å². The first kappa shape index (κ1) is 23.4. The number of nitrogens with zero attached hydrogens (tertiary/aromatic N) is 3. The van der Waals surface area contributed by atoms with Gasteiger partial charge in [-0.15, -0.1) is 0 Å². The van der Waals surface area contributed by atoms with Crippen LogP contribution in [-0.2, 0) is 15.7 Å². The normalized spacial score (nSPS) is 17.5. The van der Waals surface area contributed by atoms with E-state index >= 15 is 0 Å². The fourth-order valence-corrected chi connectivity index (χ4v) is 4.55. The van der Waals surface area contributed by atoms with Crippen LogP contribution in [0.25, 0.3) is 0 Å². The Hall–Kier alpha value is -2.78. The molecule has 0 N–H and O–H groups in total. The van der Waals surface area contributed by atoms with Gasteiger partial charge in [-0.1, -0.05) is 23.7 Å².